The van der Waals surface area contributed by atoms with Crippen molar-refractivity contribution in [3.63, 3.8) is 0 Å². The first-order chi connectivity index (χ1) is 18.3. The maximum atomic E-state index is 14.1. The number of rotatable bonds is 6. The standard InChI is InChI=1S/C26H17Cl7N2O4/c1-2-15(18(36)12-6-4-3-5-7-12)34(21(37)13-8-10-14(27)11-9-13)35-22(38)16-17(23(35)39)25(31)20(29)19(28)24(16,30)26(25,32)33/h3-11,15-17H,2H2,1H3/t15-,16-,17-,24-,25-/m1/s1. The molecule has 39 heavy (non-hydrogen) atoms. The van der Waals surface area contributed by atoms with Crippen LogP contribution in [0.25, 0.3) is 0 Å². The SMILES string of the molecule is CC[C@H](C(=O)c1ccccc1)N(C(=O)c1ccc(Cl)cc1)N1C(=O)[C@H]2[C@H](C1=O)[C@@]1(Cl)C(Cl)=C(Cl)[C@@]2(Cl)C1(Cl)Cl. The maximum absolute atomic E-state index is 14.1. The van der Waals surface area contributed by atoms with E-state index >= 15 is 0 Å². The van der Waals surface area contributed by atoms with Crippen LogP contribution < -0.4 is 0 Å². The predicted octanol–water partition coefficient (Wildman–Crippen LogP) is 6.81. The second kappa shape index (κ2) is 9.80. The molecular formula is C26H17Cl7N2O4. The fraction of sp³-hybridized carbons (Fsp3) is 0.308. The molecule has 2 bridgehead atoms. The number of hydrazine groups is 1. The number of benzene rings is 2. The van der Waals surface area contributed by atoms with Crippen molar-refractivity contribution in [2.24, 2.45) is 11.8 Å². The molecule has 204 valence electrons. The van der Waals surface area contributed by atoms with Gasteiger partial charge in [0.2, 0.25) is 0 Å². The van der Waals surface area contributed by atoms with Crippen LogP contribution in [0.4, 0.5) is 0 Å². The van der Waals surface area contributed by atoms with Gasteiger partial charge in [-0.2, -0.15) is 5.01 Å². The first-order valence-corrected chi connectivity index (χ1v) is 14.3. The molecule has 1 heterocycles. The summed E-state index contributed by atoms with van der Waals surface area (Å²) in [7, 11) is 0. The van der Waals surface area contributed by atoms with E-state index in [1.165, 1.54) is 24.3 Å². The number of alkyl halides is 4. The van der Waals surface area contributed by atoms with E-state index in [2.05, 4.69) is 0 Å². The van der Waals surface area contributed by atoms with Crippen molar-refractivity contribution in [2.45, 2.75) is 33.5 Å². The Kier molecular flexibility index (Phi) is 7.29. The molecule has 2 fully saturated rings. The number of nitrogens with zero attached hydrogens (tertiary/aromatic N) is 2. The van der Waals surface area contributed by atoms with E-state index < -0.39 is 55.5 Å². The molecule has 2 aromatic rings. The van der Waals surface area contributed by atoms with Gasteiger partial charge in [0, 0.05) is 16.1 Å². The van der Waals surface area contributed by atoms with Gasteiger partial charge in [-0.25, -0.2) is 5.01 Å². The lowest BCUT2D eigenvalue weighted by Gasteiger charge is -2.39. The Hall–Kier alpha value is -1.51. The number of ketones is 1. The van der Waals surface area contributed by atoms with Crippen LogP contribution in [-0.4, -0.2) is 53.6 Å². The lowest BCUT2D eigenvalue weighted by molar-refractivity contribution is -0.157. The highest BCUT2D eigenvalue weighted by Crippen LogP contribution is 2.77. The molecule has 5 atom stereocenters. The van der Waals surface area contributed by atoms with Crippen LogP contribution in [0.2, 0.25) is 5.02 Å². The summed E-state index contributed by atoms with van der Waals surface area (Å²) in [5.74, 6) is -6.15. The summed E-state index contributed by atoms with van der Waals surface area (Å²) in [6.07, 6.45) is 0.0478. The lowest BCUT2D eigenvalue weighted by Crippen LogP contribution is -2.60. The summed E-state index contributed by atoms with van der Waals surface area (Å²) in [4.78, 5) is 51.7. The van der Waals surface area contributed by atoms with Crippen LogP contribution >= 0.6 is 81.2 Å². The topological polar surface area (TPSA) is 74.8 Å². The molecule has 2 aromatic carbocycles. The molecule has 0 radical (unpaired) electrons. The number of fused-ring (bicyclic) bond motifs is 5. The summed E-state index contributed by atoms with van der Waals surface area (Å²) in [5.41, 5.74) is 0.340. The maximum Gasteiger partial charge on any atom is 0.273 e. The Balaban J connectivity index is 1.66. The van der Waals surface area contributed by atoms with Crippen molar-refractivity contribution in [3.8, 4) is 0 Å². The largest absolute Gasteiger partial charge is 0.292 e. The number of allylic oxidation sites excluding steroid dienone is 2. The van der Waals surface area contributed by atoms with Crippen molar-refractivity contribution >= 4 is 105 Å². The van der Waals surface area contributed by atoms with Crippen LogP contribution in [-0.2, 0) is 9.59 Å². The van der Waals surface area contributed by atoms with Gasteiger partial charge in [-0.15, -0.1) is 23.2 Å². The van der Waals surface area contributed by atoms with Gasteiger partial charge in [0.15, 0.2) is 10.1 Å². The average Bonchev–Trinajstić information content (AvgIpc) is 3.30. The molecule has 3 amide bonds. The quantitative estimate of drug-likeness (QED) is 0.193. The van der Waals surface area contributed by atoms with Crippen molar-refractivity contribution in [3.05, 3.63) is 80.8 Å². The van der Waals surface area contributed by atoms with Crippen LogP contribution in [0.3, 0.4) is 0 Å². The van der Waals surface area contributed by atoms with Gasteiger partial charge in [-0.1, -0.05) is 95.3 Å². The van der Waals surface area contributed by atoms with E-state index in [9.17, 15) is 19.2 Å². The predicted molar refractivity (Wildman–Crippen MR) is 152 cm³/mol. The van der Waals surface area contributed by atoms with E-state index in [4.69, 9.17) is 81.2 Å². The second-order valence-corrected chi connectivity index (χ2v) is 13.1. The van der Waals surface area contributed by atoms with E-state index in [1.807, 2.05) is 0 Å². The highest BCUT2D eigenvalue weighted by molar-refractivity contribution is 6.66. The van der Waals surface area contributed by atoms with Gasteiger partial charge < -0.3 is 0 Å². The molecule has 0 N–H and O–H groups in total. The minimum Gasteiger partial charge on any atom is -0.292 e. The number of Topliss-reactive ketones (excluding diaryl/α,β-unsaturated/α-hetero) is 1. The lowest BCUT2D eigenvalue weighted by atomic mass is 9.84. The Morgan fingerprint density at radius 3 is 1.77 bits per heavy atom. The molecule has 1 aliphatic heterocycles. The first kappa shape index (κ1) is 29.0. The van der Waals surface area contributed by atoms with Crippen LogP contribution in [0, 0.1) is 11.8 Å². The second-order valence-electron chi connectivity index (χ2n) is 9.38. The normalized spacial score (nSPS) is 29.6. The summed E-state index contributed by atoms with van der Waals surface area (Å²) in [6, 6.07) is 12.7. The van der Waals surface area contributed by atoms with Gasteiger partial charge in [-0.05, 0) is 30.7 Å². The van der Waals surface area contributed by atoms with E-state index in [-0.39, 0.29) is 27.6 Å². The average molecular weight is 670 g/mol. The summed E-state index contributed by atoms with van der Waals surface area (Å²) in [6.45, 7) is 1.65. The van der Waals surface area contributed by atoms with Gasteiger partial charge >= 0.3 is 0 Å². The first-order valence-electron chi connectivity index (χ1n) is 11.6. The Bertz CT molecular complexity index is 1400. The molecule has 5 rings (SSSR count). The number of hydrogen-bond donors (Lipinski definition) is 0. The summed E-state index contributed by atoms with van der Waals surface area (Å²) in [5, 5.41) is 1.27. The minimum atomic E-state index is -2.14. The molecule has 3 aliphatic rings. The van der Waals surface area contributed by atoms with Crippen LogP contribution in [0.15, 0.2) is 64.7 Å². The third-order valence-electron chi connectivity index (χ3n) is 7.44. The zero-order chi connectivity index (χ0) is 28.7. The van der Waals surface area contributed by atoms with E-state index in [0.717, 1.165) is 5.01 Å². The van der Waals surface area contributed by atoms with Crippen molar-refractivity contribution in [1.29, 1.82) is 0 Å². The number of hydrogen-bond acceptors (Lipinski definition) is 4. The molecule has 1 saturated carbocycles. The fourth-order valence-corrected chi connectivity index (χ4v) is 8.61. The number of halogens is 7. The van der Waals surface area contributed by atoms with Gasteiger partial charge in [0.25, 0.3) is 17.7 Å². The van der Waals surface area contributed by atoms with Gasteiger partial charge in [0.05, 0.1) is 21.9 Å². The summed E-state index contributed by atoms with van der Waals surface area (Å²) < 4.78 is -2.14. The fourth-order valence-electron chi connectivity index (χ4n) is 5.55. The number of carbonyl (C=O) groups is 4. The van der Waals surface area contributed by atoms with Gasteiger partial charge in [0.1, 0.15) is 15.8 Å². The third kappa shape index (κ3) is 3.69. The molecule has 2 aliphatic carbocycles. The van der Waals surface area contributed by atoms with Crippen LogP contribution in [0.1, 0.15) is 34.1 Å². The zero-order valence-electron chi connectivity index (χ0n) is 19.8. The molecule has 0 unspecified atom stereocenters. The molecule has 0 spiro atoms. The number of imide groups is 1. The zero-order valence-corrected chi connectivity index (χ0v) is 25.1. The number of amides is 3. The van der Waals surface area contributed by atoms with Gasteiger partial charge in [-0.3, -0.25) is 19.2 Å². The highest BCUT2D eigenvalue weighted by Gasteiger charge is 2.88. The Morgan fingerprint density at radius 1 is 0.821 bits per heavy atom. The smallest absolute Gasteiger partial charge is 0.273 e. The van der Waals surface area contributed by atoms with Crippen LogP contribution in [0.5, 0.6) is 0 Å². The van der Waals surface area contributed by atoms with Crippen molar-refractivity contribution in [2.75, 3.05) is 0 Å². The van der Waals surface area contributed by atoms with Crippen molar-refractivity contribution in [1.82, 2.24) is 10.0 Å². The molecule has 0 aromatic heterocycles. The van der Waals surface area contributed by atoms with E-state index in [1.54, 1.807) is 37.3 Å². The van der Waals surface area contributed by atoms with E-state index in [0.29, 0.717) is 10.0 Å². The molecule has 6 nitrogen and oxygen atoms in total. The molecule has 13 heteroatoms. The Labute approximate surface area is 258 Å². The molecular weight excluding hydrogens is 652 g/mol. The summed E-state index contributed by atoms with van der Waals surface area (Å²) >= 11 is 45.6. The monoisotopic (exact) mass is 666 g/mol. The minimum absolute atomic E-state index is 0.0478. The highest BCUT2D eigenvalue weighted by atomic mass is 35.5. The Morgan fingerprint density at radius 2 is 1.31 bits per heavy atom. The number of carbonyl (C=O) groups excluding carboxylic acids is 4. The molecule has 1 saturated heterocycles. The third-order valence-corrected chi connectivity index (χ3v) is 12.0. The van der Waals surface area contributed by atoms with Crippen molar-refractivity contribution < 1.29 is 19.2 Å².